The Labute approximate surface area is 177 Å². The number of nitrogens with one attached hydrogen (secondary N) is 1. The van der Waals surface area contributed by atoms with Crippen LogP contribution < -0.4 is 5.32 Å². The fraction of sp³-hybridized carbons (Fsp3) is 0.700. The normalized spacial score (nSPS) is 23.6. The third-order valence-corrected chi connectivity index (χ3v) is 6.64. The van der Waals surface area contributed by atoms with Crippen molar-refractivity contribution < 1.29 is 32.6 Å². The van der Waals surface area contributed by atoms with Gasteiger partial charge in [-0.15, -0.1) is 11.3 Å². The van der Waals surface area contributed by atoms with Gasteiger partial charge in [0.1, 0.15) is 6.10 Å². The quantitative estimate of drug-likeness (QED) is 0.722. The van der Waals surface area contributed by atoms with Crippen LogP contribution in [0.4, 0.5) is 13.2 Å². The maximum atomic E-state index is 12.2. The lowest BCUT2D eigenvalue weighted by Crippen LogP contribution is -2.45. The third kappa shape index (κ3) is 6.68. The summed E-state index contributed by atoms with van der Waals surface area (Å²) in [5, 5.41) is 12.3. The number of carbonyl (C=O) groups is 2. The van der Waals surface area contributed by atoms with Crippen LogP contribution in [0.25, 0.3) is 0 Å². The number of carbonyl (C=O) groups excluding carboxylic acids is 1. The van der Waals surface area contributed by atoms with E-state index in [2.05, 4.69) is 27.7 Å². The molecular formula is C20H27F3N2O4S. The minimum absolute atomic E-state index is 0.0342. The first-order valence-electron chi connectivity index (χ1n) is 10.2. The highest BCUT2D eigenvalue weighted by molar-refractivity contribution is 7.09. The number of ether oxygens (including phenoxy) is 1. The van der Waals surface area contributed by atoms with Gasteiger partial charge < -0.3 is 15.2 Å². The molecular weight excluding hydrogens is 421 g/mol. The summed E-state index contributed by atoms with van der Waals surface area (Å²) in [6.45, 7) is 4.06. The van der Waals surface area contributed by atoms with Crippen molar-refractivity contribution >= 4 is 23.2 Å². The summed E-state index contributed by atoms with van der Waals surface area (Å²) in [7, 11) is 0. The van der Waals surface area contributed by atoms with E-state index in [1.54, 1.807) is 0 Å². The standard InChI is InChI=1S/C18H26N2O2S.C2HF3O2/c21-17(19-12-14-3-4-14)16-5-6-18(22-16)7-9-20(10-8-18)13-15-2-1-11-23-15;3-2(4,5)1(6)7/h1-2,11,14,16H,3-10,12-13H2,(H,19,21);(H,6,7). The van der Waals surface area contributed by atoms with E-state index in [1.165, 1.54) is 17.7 Å². The Morgan fingerprint density at radius 3 is 2.43 bits per heavy atom. The van der Waals surface area contributed by atoms with E-state index in [0.717, 1.165) is 57.8 Å². The van der Waals surface area contributed by atoms with E-state index in [1.807, 2.05) is 11.3 Å². The van der Waals surface area contributed by atoms with Gasteiger partial charge >= 0.3 is 12.1 Å². The van der Waals surface area contributed by atoms with Crippen LogP contribution in [-0.4, -0.2) is 59.4 Å². The van der Waals surface area contributed by atoms with Crippen LogP contribution in [0.3, 0.4) is 0 Å². The van der Waals surface area contributed by atoms with E-state index in [-0.39, 0.29) is 17.6 Å². The van der Waals surface area contributed by atoms with Gasteiger partial charge in [-0.2, -0.15) is 13.2 Å². The third-order valence-electron chi connectivity index (χ3n) is 5.78. The molecule has 3 aliphatic rings. The zero-order valence-electron chi connectivity index (χ0n) is 16.6. The minimum Gasteiger partial charge on any atom is -0.475 e. The summed E-state index contributed by atoms with van der Waals surface area (Å²) in [6, 6.07) is 4.33. The lowest BCUT2D eigenvalue weighted by Gasteiger charge is -2.38. The first-order valence-corrected chi connectivity index (χ1v) is 11.1. The summed E-state index contributed by atoms with van der Waals surface area (Å²) in [4.78, 5) is 25.1. The predicted molar refractivity (Wildman–Crippen MR) is 105 cm³/mol. The zero-order chi connectivity index (χ0) is 21.8. The predicted octanol–water partition coefficient (Wildman–Crippen LogP) is 3.42. The monoisotopic (exact) mass is 448 g/mol. The number of thiophene rings is 1. The topological polar surface area (TPSA) is 78.9 Å². The van der Waals surface area contributed by atoms with Crippen LogP contribution in [0.2, 0.25) is 0 Å². The van der Waals surface area contributed by atoms with Crippen LogP contribution >= 0.6 is 11.3 Å². The second-order valence-electron chi connectivity index (χ2n) is 8.18. The summed E-state index contributed by atoms with van der Waals surface area (Å²) >= 11 is 1.83. The molecule has 1 unspecified atom stereocenters. The molecule has 1 aromatic rings. The van der Waals surface area contributed by atoms with Gasteiger partial charge in [0.25, 0.3) is 0 Å². The number of alkyl halides is 3. The van der Waals surface area contributed by atoms with Crippen molar-refractivity contribution in [3.63, 3.8) is 0 Å². The molecule has 1 amide bonds. The highest BCUT2D eigenvalue weighted by Gasteiger charge is 2.44. The number of hydrogen-bond donors (Lipinski definition) is 2. The first kappa shape index (κ1) is 23.0. The van der Waals surface area contributed by atoms with E-state index in [9.17, 15) is 18.0 Å². The molecule has 3 heterocycles. The number of hydrogen-bond acceptors (Lipinski definition) is 5. The van der Waals surface area contributed by atoms with Gasteiger partial charge in [-0.3, -0.25) is 9.69 Å². The average Bonchev–Trinajstić information content (AvgIpc) is 3.21. The molecule has 168 valence electrons. The average molecular weight is 449 g/mol. The Morgan fingerprint density at radius 2 is 1.90 bits per heavy atom. The molecule has 6 nitrogen and oxygen atoms in total. The summed E-state index contributed by atoms with van der Waals surface area (Å²) in [6.07, 6.45) is 1.31. The molecule has 2 aliphatic heterocycles. The summed E-state index contributed by atoms with van der Waals surface area (Å²) in [5.74, 6) is -1.91. The lowest BCUT2D eigenvalue weighted by atomic mass is 9.88. The van der Waals surface area contributed by atoms with E-state index in [4.69, 9.17) is 14.6 Å². The largest absolute Gasteiger partial charge is 0.490 e. The van der Waals surface area contributed by atoms with Crippen LogP contribution in [0, 0.1) is 5.92 Å². The van der Waals surface area contributed by atoms with Crippen molar-refractivity contribution in [2.24, 2.45) is 5.92 Å². The van der Waals surface area contributed by atoms with Gasteiger partial charge in [-0.05, 0) is 55.9 Å². The van der Waals surface area contributed by atoms with Gasteiger partial charge in [-0.25, -0.2) is 4.79 Å². The molecule has 1 spiro atoms. The molecule has 0 aromatic carbocycles. The van der Waals surface area contributed by atoms with Crippen LogP contribution in [0.1, 0.15) is 43.4 Å². The second kappa shape index (κ2) is 9.65. The molecule has 0 bridgehead atoms. The molecule has 10 heteroatoms. The molecule has 30 heavy (non-hydrogen) atoms. The van der Waals surface area contributed by atoms with Gasteiger partial charge in [0.05, 0.1) is 5.60 Å². The number of carboxylic acids is 1. The van der Waals surface area contributed by atoms with E-state index < -0.39 is 12.1 Å². The zero-order valence-corrected chi connectivity index (χ0v) is 17.4. The Hall–Kier alpha value is -1.65. The minimum atomic E-state index is -5.08. The lowest BCUT2D eigenvalue weighted by molar-refractivity contribution is -0.192. The molecule has 2 N–H and O–H groups in total. The summed E-state index contributed by atoms with van der Waals surface area (Å²) < 4.78 is 38.0. The Bertz CT molecular complexity index is 714. The number of halogens is 3. The number of aliphatic carboxylic acids is 1. The fourth-order valence-electron chi connectivity index (χ4n) is 3.79. The highest BCUT2D eigenvalue weighted by atomic mass is 32.1. The Morgan fingerprint density at radius 1 is 1.23 bits per heavy atom. The first-order chi connectivity index (χ1) is 14.2. The molecule has 1 atom stereocenters. The molecule has 4 rings (SSSR count). The van der Waals surface area contributed by atoms with Crippen LogP contribution in [-0.2, 0) is 20.9 Å². The fourth-order valence-corrected chi connectivity index (χ4v) is 4.53. The molecule has 2 saturated heterocycles. The van der Waals surface area contributed by atoms with Crippen molar-refractivity contribution in [1.82, 2.24) is 10.2 Å². The van der Waals surface area contributed by atoms with Crippen molar-refractivity contribution in [1.29, 1.82) is 0 Å². The molecule has 1 aromatic heterocycles. The molecule has 0 radical (unpaired) electrons. The number of nitrogens with zero attached hydrogens (tertiary/aromatic N) is 1. The van der Waals surface area contributed by atoms with Crippen molar-refractivity contribution in [2.75, 3.05) is 19.6 Å². The van der Waals surface area contributed by atoms with Crippen LogP contribution in [0.5, 0.6) is 0 Å². The van der Waals surface area contributed by atoms with E-state index >= 15 is 0 Å². The molecule has 1 aliphatic carbocycles. The van der Waals surface area contributed by atoms with Crippen LogP contribution in [0.15, 0.2) is 17.5 Å². The molecule has 1 saturated carbocycles. The van der Waals surface area contributed by atoms with Gasteiger partial charge in [0, 0.05) is 31.1 Å². The number of piperidine rings is 1. The van der Waals surface area contributed by atoms with Gasteiger partial charge in [0.15, 0.2) is 0 Å². The number of amides is 1. The second-order valence-corrected chi connectivity index (χ2v) is 9.21. The number of carboxylic acid groups (broad SMARTS) is 1. The summed E-state index contributed by atoms with van der Waals surface area (Å²) in [5.41, 5.74) is -0.0342. The van der Waals surface area contributed by atoms with Crippen molar-refractivity contribution in [2.45, 2.75) is 63.0 Å². The van der Waals surface area contributed by atoms with Gasteiger partial charge in [-0.1, -0.05) is 6.07 Å². The Kier molecular flexibility index (Phi) is 7.41. The number of rotatable bonds is 5. The SMILES string of the molecule is O=C(NCC1CC1)C1CCC2(CCN(Cc3cccs3)CC2)O1.O=C(O)C(F)(F)F. The highest BCUT2D eigenvalue weighted by Crippen LogP contribution is 2.39. The Balaban J connectivity index is 0.000000318. The van der Waals surface area contributed by atoms with Gasteiger partial charge in [0.2, 0.25) is 5.91 Å². The molecule has 3 fully saturated rings. The number of likely N-dealkylation sites (tertiary alicyclic amines) is 1. The van der Waals surface area contributed by atoms with E-state index in [0.29, 0.717) is 0 Å². The maximum absolute atomic E-state index is 12.2. The maximum Gasteiger partial charge on any atom is 0.490 e. The smallest absolute Gasteiger partial charge is 0.475 e. The van der Waals surface area contributed by atoms with Crippen molar-refractivity contribution in [3.05, 3.63) is 22.4 Å². The van der Waals surface area contributed by atoms with Crippen molar-refractivity contribution in [3.8, 4) is 0 Å².